The smallest absolute Gasteiger partial charge is 0.231 e. The first-order valence-corrected chi connectivity index (χ1v) is 8.66. The highest BCUT2D eigenvalue weighted by molar-refractivity contribution is 6.00. The summed E-state index contributed by atoms with van der Waals surface area (Å²) in [7, 11) is 3.71. The van der Waals surface area contributed by atoms with E-state index in [1.165, 1.54) is 16.0 Å². The Morgan fingerprint density at radius 3 is 2.54 bits per heavy atom. The molecular weight excluding hydrogens is 324 g/mol. The van der Waals surface area contributed by atoms with E-state index >= 15 is 0 Å². The van der Waals surface area contributed by atoms with Gasteiger partial charge >= 0.3 is 0 Å². The van der Waals surface area contributed by atoms with Gasteiger partial charge in [0, 0.05) is 36.8 Å². The fourth-order valence-electron chi connectivity index (χ4n) is 3.65. The van der Waals surface area contributed by atoms with Crippen molar-refractivity contribution < 1.29 is 4.79 Å². The highest BCUT2D eigenvalue weighted by Crippen LogP contribution is 2.37. The van der Waals surface area contributed by atoms with Crippen LogP contribution in [0.15, 0.2) is 59.7 Å². The Balaban J connectivity index is 1.90. The third-order valence-electron chi connectivity index (χ3n) is 5.27. The minimum absolute atomic E-state index is 0.0172. The van der Waals surface area contributed by atoms with Gasteiger partial charge in [-0.2, -0.15) is 0 Å². The zero-order chi connectivity index (χ0) is 18.5. The van der Waals surface area contributed by atoms with Crippen LogP contribution in [-0.4, -0.2) is 28.4 Å². The lowest BCUT2D eigenvalue weighted by atomic mass is 9.86. The fraction of sp³-hybridized carbons (Fsp3) is 0.238. The van der Waals surface area contributed by atoms with Crippen molar-refractivity contribution in [3.63, 3.8) is 0 Å². The molecule has 1 atom stereocenters. The molecule has 5 nitrogen and oxygen atoms in total. The molecule has 0 aliphatic carbocycles. The highest BCUT2D eigenvalue weighted by atomic mass is 16.2. The molecule has 0 fully saturated rings. The van der Waals surface area contributed by atoms with E-state index in [-0.39, 0.29) is 11.9 Å². The average Bonchev–Trinajstić information content (AvgIpc) is 2.97. The van der Waals surface area contributed by atoms with Crippen LogP contribution in [0.5, 0.6) is 0 Å². The van der Waals surface area contributed by atoms with Gasteiger partial charge in [-0.3, -0.25) is 9.69 Å². The van der Waals surface area contributed by atoms with Crippen LogP contribution in [0.4, 0.5) is 0 Å². The number of rotatable bonds is 2. The fourth-order valence-corrected chi connectivity index (χ4v) is 3.65. The largest absolute Gasteiger partial charge is 0.369 e. The number of hydrogen-bond acceptors (Lipinski definition) is 3. The number of carbonyl (C=O) groups is 1. The van der Waals surface area contributed by atoms with Gasteiger partial charge in [-0.25, -0.2) is 4.99 Å². The molecule has 0 saturated carbocycles. The molecule has 1 amide bonds. The number of aromatic nitrogens is 1. The Morgan fingerprint density at radius 2 is 1.85 bits per heavy atom. The number of hydrogen-bond donors (Lipinski definition) is 1. The number of nitrogens with zero attached hydrogens (tertiary/aromatic N) is 3. The molecule has 2 heterocycles. The van der Waals surface area contributed by atoms with E-state index in [4.69, 9.17) is 5.73 Å². The summed E-state index contributed by atoms with van der Waals surface area (Å²) in [5, 5.41) is 1.15. The summed E-state index contributed by atoms with van der Waals surface area (Å²) >= 11 is 0. The summed E-state index contributed by atoms with van der Waals surface area (Å²) < 4.78 is 2.13. The standard InChI is InChI=1S/C21H22N4O/c1-21(12-19(26)25(3)20(22)23-21)15-9-10-18-16(11-15)17(13-24(18)2)14-7-5-4-6-8-14/h4-11,13H,12H2,1-3H3,(H2,22,23)/t21-/m0/s1. The molecular formula is C21H22N4O. The lowest BCUT2D eigenvalue weighted by Gasteiger charge is -2.33. The summed E-state index contributed by atoms with van der Waals surface area (Å²) in [5.74, 6) is 0.247. The normalized spacial score (nSPS) is 20.5. The molecule has 3 aromatic rings. The summed E-state index contributed by atoms with van der Waals surface area (Å²) in [4.78, 5) is 18.4. The van der Waals surface area contributed by atoms with Crippen LogP contribution in [-0.2, 0) is 17.4 Å². The third-order valence-corrected chi connectivity index (χ3v) is 5.27. The second-order valence-corrected chi connectivity index (χ2v) is 7.13. The van der Waals surface area contributed by atoms with Gasteiger partial charge in [0.2, 0.25) is 5.91 Å². The zero-order valence-electron chi connectivity index (χ0n) is 15.2. The number of fused-ring (bicyclic) bond motifs is 1. The minimum Gasteiger partial charge on any atom is -0.369 e. The maximum Gasteiger partial charge on any atom is 0.231 e. The molecule has 0 spiro atoms. The van der Waals surface area contributed by atoms with E-state index in [1.54, 1.807) is 7.05 Å². The molecule has 0 bridgehead atoms. The lowest BCUT2D eigenvalue weighted by molar-refractivity contribution is -0.128. The van der Waals surface area contributed by atoms with Gasteiger partial charge < -0.3 is 10.3 Å². The molecule has 0 radical (unpaired) electrons. The van der Waals surface area contributed by atoms with Crippen molar-refractivity contribution in [1.29, 1.82) is 0 Å². The highest BCUT2D eigenvalue weighted by Gasteiger charge is 2.36. The monoisotopic (exact) mass is 346 g/mol. The van der Waals surface area contributed by atoms with Crippen LogP contribution in [0.25, 0.3) is 22.0 Å². The molecule has 2 aromatic carbocycles. The molecule has 1 aliphatic heterocycles. The first-order valence-electron chi connectivity index (χ1n) is 8.66. The van der Waals surface area contributed by atoms with E-state index in [9.17, 15) is 4.79 Å². The number of aliphatic imine (C=N–C) groups is 1. The number of carbonyl (C=O) groups excluding carboxylic acids is 1. The van der Waals surface area contributed by atoms with Crippen molar-refractivity contribution in [2.75, 3.05) is 7.05 Å². The SMILES string of the molecule is CN1C(=O)C[C@@](C)(c2ccc3c(c2)c(-c2ccccc2)cn3C)N=C1N. The molecule has 132 valence electrons. The Morgan fingerprint density at radius 1 is 1.12 bits per heavy atom. The molecule has 5 heteroatoms. The predicted octanol–water partition coefficient (Wildman–Crippen LogP) is 3.24. The maximum atomic E-state index is 12.3. The molecule has 0 saturated heterocycles. The van der Waals surface area contributed by atoms with Crippen molar-refractivity contribution in [3.05, 3.63) is 60.3 Å². The Bertz CT molecular complexity index is 1030. The van der Waals surface area contributed by atoms with Gasteiger partial charge in [0.25, 0.3) is 0 Å². The summed E-state index contributed by atoms with van der Waals surface area (Å²) in [6, 6.07) is 16.6. The second-order valence-electron chi connectivity index (χ2n) is 7.13. The van der Waals surface area contributed by atoms with Gasteiger partial charge in [-0.15, -0.1) is 0 Å². The van der Waals surface area contributed by atoms with Gasteiger partial charge in [-0.05, 0) is 30.2 Å². The summed E-state index contributed by atoms with van der Waals surface area (Å²) in [5.41, 5.74) is 9.81. The lowest BCUT2D eigenvalue weighted by Crippen LogP contribution is -2.47. The summed E-state index contributed by atoms with van der Waals surface area (Å²) in [6.07, 6.45) is 2.45. The van der Waals surface area contributed by atoms with Crippen molar-refractivity contribution >= 4 is 22.8 Å². The van der Waals surface area contributed by atoms with Crippen LogP contribution >= 0.6 is 0 Å². The van der Waals surface area contributed by atoms with E-state index in [1.807, 2.05) is 38.2 Å². The Hall–Kier alpha value is -3.08. The first-order chi connectivity index (χ1) is 12.4. The van der Waals surface area contributed by atoms with Crippen molar-refractivity contribution in [1.82, 2.24) is 9.47 Å². The zero-order valence-corrected chi connectivity index (χ0v) is 15.2. The maximum absolute atomic E-state index is 12.3. The van der Waals surface area contributed by atoms with E-state index in [0.717, 1.165) is 16.5 Å². The first kappa shape index (κ1) is 16.4. The van der Waals surface area contributed by atoms with E-state index in [2.05, 4.69) is 40.0 Å². The molecule has 1 aliphatic rings. The third kappa shape index (κ3) is 2.47. The molecule has 4 rings (SSSR count). The Kier molecular flexibility index (Phi) is 3.61. The molecule has 1 aromatic heterocycles. The number of nitrogens with two attached hydrogens (primary N) is 1. The van der Waals surface area contributed by atoms with Gasteiger partial charge in [0.05, 0.1) is 12.0 Å². The average molecular weight is 346 g/mol. The number of guanidine groups is 1. The van der Waals surface area contributed by atoms with Crippen LogP contribution in [0.3, 0.4) is 0 Å². The van der Waals surface area contributed by atoms with Gasteiger partial charge in [0.1, 0.15) is 0 Å². The summed E-state index contributed by atoms with van der Waals surface area (Å²) in [6.45, 7) is 1.97. The van der Waals surface area contributed by atoms with Crippen LogP contribution in [0.1, 0.15) is 18.9 Å². The topological polar surface area (TPSA) is 63.6 Å². The van der Waals surface area contributed by atoms with E-state index in [0.29, 0.717) is 6.42 Å². The van der Waals surface area contributed by atoms with Crippen LogP contribution in [0.2, 0.25) is 0 Å². The van der Waals surface area contributed by atoms with Crippen LogP contribution < -0.4 is 5.73 Å². The van der Waals surface area contributed by atoms with Crippen LogP contribution in [0, 0.1) is 0 Å². The van der Waals surface area contributed by atoms with Gasteiger partial charge in [0.15, 0.2) is 5.96 Å². The number of amides is 1. The van der Waals surface area contributed by atoms with Crippen molar-refractivity contribution in [3.8, 4) is 11.1 Å². The van der Waals surface area contributed by atoms with Crippen molar-refractivity contribution in [2.45, 2.75) is 18.9 Å². The van der Waals surface area contributed by atoms with Crippen molar-refractivity contribution in [2.24, 2.45) is 17.8 Å². The molecule has 2 N–H and O–H groups in total. The Labute approximate surface area is 152 Å². The quantitative estimate of drug-likeness (QED) is 0.774. The second kappa shape index (κ2) is 5.73. The van der Waals surface area contributed by atoms with E-state index < -0.39 is 5.54 Å². The predicted molar refractivity (Wildman–Crippen MR) is 105 cm³/mol. The molecule has 0 unspecified atom stereocenters. The van der Waals surface area contributed by atoms with Gasteiger partial charge in [-0.1, -0.05) is 36.4 Å². The number of aryl methyl sites for hydroxylation is 1. The number of benzene rings is 2. The minimum atomic E-state index is -0.647. The molecule has 26 heavy (non-hydrogen) atoms.